The number of rotatable bonds is 3. The van der Waals surface area contributed by atoms with E-state index < -0.39 is 0 Å². The first-order valence-electron chi connectivity index (χ1n) is 15.2. The molecule has 232 valence electrons. The molecule has 0 saturated heterocycles. The van der Waals surface area contributed by atoms with Crippen molar-refractivity contribution in [3.8, 4) is 28.0 Å². The van der Waals surface area contributed by atoms with Crippen molar-refractivity contribution < 1.29 is 23.1 Å². The third-order valence-electron chi connectivity index (χ3n) is 8.91. The Kier molecular flexibility index (Phi) is 7.31. The second-order valence-corrected chi connectivity index (χ2v) is 11.6. The molecule has 6 aromatic rings. The van der Waals surface area contributed by atoms with E-state index in [4.69, 9.17) is 4.74 Å². The maximum absolute atomic E-state index is 14.2. The van der Waals surface area contributed by atoms with Gasteiger partial charge in [0.1, 0.15) is 28.8 Å². The molecule has 9 heteroatoms. The van der Waals surface area contributed by atoms with Gasteiger partial charge in [-0.2, -0.15) is 0 Å². The Hall–Kier alpha value is -5.44. The van der Waals surface area contributed by atoms with Crippen LogP contribution in [0.5, 0.6) is 5.75 Å². The smallest absolute Gasteiger partial charge is 0.268 e. The Morgan fingerprint density at radius 2 is 1.11 bits per heavy atom. The molecule has 2 aliphatic rings. The Morgan fingerprint density at radius 1 is 0.652 bits per heavy atom. The Labute approximate surface area is 264 Å². The lowest BCUT2D eigenvalue weighted by molar-refractivity contribution is 0.0920. The quantitative estimate of drug-likeness (QED) is 0.224. The van der Waals surface area contributed by atoms with Gasteiger partial charge in [0, 0.05) is 48.1 Å². The van der Waals surface area contributed by atoms with Gasteiger partial charge in [-0.25, -0.2) is 8.78 Å². The van der Waals surface area contributed by atoms with Gasteiger partial charge in [0.05, 0.1) is 18.1 Å². The Morgan fingerprint density at radius 3 is 1.57 bits per heavy atom. The molecule has 4 heterocycles. The highest BCUT2D eigenvalue weighted by Gasteiger charge is 2.27. The maximum Gasteiger partial charge on any atom is 0.268 e. The number of carbonyl (C=O) groups is 2. The summed E-state index contributed by atoms with van der Waals surface area (Å²) in [6, 6.07) is 23.4. The lowest BCUT2D eigenvalue weighted by Crippen LogP contribution is -2.35. The van der Waals surface area contributed by atoms with E-state index in [0.29, 0.717) is 37.6 Å². The number of nitrogens with one attached hydrogen (secondary N) is 2. The second-order valence-electron chi connectivity index (χ2n) is 11.6. The van der Waals surface area contributed by atoms with Crippen molar-refractivity contribution in [3.05, 3.63) is 113 Å². The fourth-order valence-electron chi connectivity index (χ4n) is 6.83. The highest BCUT2D eigenvalue weighted by molar-refractivity contribution is 6.07. The van der Waals surface area contributed by atoms with Crippen LogP contribution >= 0.6 is 0 Å². The first-order valence-corrected chi connectivity index (χ1v) is 15.2. The van der Waals surface area contributed by atoms with Crippen molar-refractivity contribution in [1.82, 2.24) is 19.8 Å². The number of methoxy groups -OCH3 is 1. The first kappa shape index (κ1) is 29.3. The largest absolute Gasteiger partial charge is 0.497 e. The Bertz CT molecular complexity index is 2170. The molecule has 46 heavy (non-hydrogen) atoms. The average molecular weight is 619 g/mol. The van der Waals surface area contributed by atoms with Crippen molar-refractivity contribution in [1.29, 1.82) is 0 Å². The van der Waals surface area contributed by atoms with Crippen LogP contribution in [0, 0.1) is 25.5 Å². The summed E-state index contributed by atoms with van der Waals surface area (Å²) in [7, 11) is 1.61. The number of amides is 2. The zero-order valence-electron chi connectivity index (χ0n) is 25.7. The number of aromatic nitrogens is 2. The summed E-state index contributed by atoms with van der Waals surface area (Å²) in [5.74, 6) is -0.0212. The first-order chi connectivity index (χ1) is 22.3. The number of ether oxygens (including phenoxy) is 1. The number of hydrogen-bond donors (Lipinski definition) is 2. The predicted molar refractivity (Wildman–Crippen MR) is 175 cm³/mol. The molecule has 0 bridgehead atoms. The van der Waals surface area contributed by atoms with Crippen molar-refractivity contribution in [2.75, 3.05) is 20.2 Å². The molecule has 2 aliphatic heterocycles. The number of halogens is 2. The summed E-state index contributed by atoms with van der Waals surface area (Å²) >= 11 is 0. The van der Waals surface area contributed by atoms with Gasteiger partial charge in [-0.1, -0.05) is 42.5 Å². The minimum absolute atomic E-state index is 0.0839. The zero-order chi connectivity index (χ0) is 32.1. The van der Waals surface area contributed by atoms with Crippen LogP contribution in [0.3, 0.4) is 0 Å². The normalized spacial score (nSPS) is 13.8. The minimum atomic E-state index is -0.306. The van der Waals surface area contributed by atoms with Crippen LogP contribution in [0.2, 0.25) is 0 Å². The summed E-state index contributed by atoms with van der Waals surface area (Å²) in [6.45, 7) is 6.32. The third-order valence-corrected chi connectivity index (χ3v) is 8.91. The molecular formula is C37H32F2N4O3. The molecule has 0 radical (unpaired) electrons. The van der Waals surface area contributed by atoms with Gasteiger partial charge in [-0.3, -0.25) is 9.59 Å². The van der Waals surface area contributed by atoms with Crippen LogP contribution in [-0.2, 0) is 13.1 Å². The van der Waals surface area contributed by atoms with Gasteiger partial charge in [0.25, 0.3) is 11.8 Å². The van der Waals surface area contributed by atoms with Crippen LogP contribution in [0.15, 0.2) is 78.9 Å². The third kappa shape index (κ3) is 4.79. The van der Waals surface area contributed by atoms with E-state index in [0.717, 1.165) is 60.9 Å². The summed E-state index contributed by atoms with van der Waals surface area (Å²) < 4.78 is 37.6. The van der Waals surface area contributed by atoms with E-state index >= 15 is 0 Å². The van der Waals surface area contributed by atoms with Crippen molar-refractivity contribution in [2.45, 2.75) is 26.9 Å². The fourth-order valence-corrected chi connectivity index (χ4v) is 6.83. The summed E-state index contributed by atoms with van der Waals surface area (Å²) in [5.41, 5.74) is 8.24. The number of nitrogens with zero attached hydrogens (tertiary/aromatic N) is 2. The molecule has 0 aliphatic carbocycles. The molecule has 0 spiro atoms. The molecule has 2 aromatic heterocycles. The SMILES string of the molecule is COc1ccc(-c2cc(F)cc3c(C)c4n(c23)CCNC4=O)cc1.Cc1c2n(c3c(-c4ccccc4)cc(F)cc13)CCNC2=O. The van der Waals surface area contributed by atoms with Crippen LogP contribution < -0.4 is 15.4 Å². The number of aryl methyl sites for hydroxylation is 2. The van der Waals surface area contributed by atoms with E-state index in [1.54, 1.807) is 13.2 Å². The van der Waals surface area contributed by atoms with Crippen molar-refractivity contribution >= 4 is 33.6 Å². The highest BCUT2D eigenvalue weighted by atomic mass is 19.1. The molecule has 0 fully saturated rings. The molecule has 4 aromatic carbocycles. The molecule has 0 saturated carbocycles. The van der Waals surface area contributed by atoms with Crippen LogP contribution in [0.25, 0.3) is 44.1 Å². The van der Waals surface area contributed by atoms with Gasteiger partial charge in [-0.05, 0) is 72.5 Å². The molecule has 8 rings (SSSR count). The second kappa shape index (κ2) is 11.5. The van der Waals surface area contributed by atoms with Gasteiger partial charge < -0.3 is 24.5 Å². The van der Waals surface area contributed by atoms with Crippen molar-refractivity contribution in [2.24, 2.45) is 0 Å². The van der Waals surface area contributed by atoms with Gasteiger partial charge in [0.2, 0.25) is 0 Å². The van der Waals surface area contributed by atoms with Crippen LogP contribution in [-0.4, -0.2) is 41.1 Å². The van der Waals surface area contributed by atoms with E-state index in [9.17, 15) is 18.4 Å². The monoisotopic (exact) mass is 618 g/mol. The zero-order valence-corrected chi connectivity index (χ0v) is 25.7. The van der Waals surface area contributed by atoms with E-state index in [1.807, 2.05) is 77.6 Å². The topological polar surface area (TPSA) is 77.3 Å². The number of carbonyl (C=O) groups excluding carboxylic acids is 2. The highest BCUT2D eigenvalue weighted by Crippen LogP contribution is 2.37. The van der Waals surface area contributed by atoms with Crippen LogP contribution in [0.1, 0.15) is 32.1 Å². The van der Waals surface area contributed by atoms with E-state index in [-0.39, 0.29) is 23.4 Å². The van der Waals surface area contributed by atoms with E-state index in [2.05, 4.69) is 10.6 Å². The van der Waals surface area contributed by atoms with Gasteiger partial charge in [-0.15, -0.1) is 0 Å². The number of hydrogen-bond acceptors (Lipinski definition) is 3. The number of benzene rings is 4. The maximum atomic E-state index is 14.2. The standard InChI is InChI=1S/C19H17FN2O2.C18H15FN2O/c1-11-15-9-13(20)10-16(12-3-5-14(24-2)6-4-12)18(15)22-8-7-21-19(23)17(11)22;1-11-14-9-13(19)10-15(12-5-3-2-4-6-12)17(14)21-8-7-20-18(22)16(11)21/h3-6,9-10H,7-8H2,1-2H3,(H,21,23);2-6,9-10H,7-8H2,1H3,(H,20,22). The summed E-state index contributed by atoms with van der Waals surface area (Å²) in [5, 5.41) is 7.32. The van der Waals surface area contributed by atoms with Gasteiger partial charge in [0.15, 0.2) is 0 Å². The predicted octanol–water partition coefficient (Wildman–Crippen LogP) is 7.01. The molecule has 2 amide bonds. The van der Waals surface area contributed by atoms with Crippen LogP contribution in [0.4, 0.5) is 8.78 Å². The molecule has 2 N–H and O–H groups in total. The fraction of sp³-hybridized carbons (Fsp3) is 0.189. The lowest BCUT2D eigenvalue weighted by Gasteiger charge is -2.18. The van der Waals surface area contributed by atoms with Crippen molar-refractivity contribution in [3.63, 3.8) is 0 Å². The Balaban J connectivity index is 0.000000147. The van der Waals surface area contributed by atoms with E-state index in [1.165, 1.54) is 18.2 Å². The van der Waals surface area contributed by atoms with Gasteiger partial charge >= 0.3 is 0 Å². The molecule has 0 atom stereocenters. The lowest BCUT2D eigenvalue weighted by atomic mass is 10.0. The summed E-state index contributed by atoms with van der Waals surface area (Å²) in [4.78, 5) is 24.4. The minimum Gasteiger partial charge on any atom is -0.497 e. The molecular weight excluding hydrogens is 586 g/mol. The molecule has 0 unspecified atom stereocenters. The number of fused-ring (bicyclic) bond motifs is 6. The molecule has 7 nitrogen and oxygen atoms in total. The average Bonchev–Trinajstić information content (AvgIpc) is 3.52. The summed E-state index contributed by atoms with van der Waals surface area (Å²) in [6.07, 6.45) is 0.